The van der Waals surface area contributed by atoms with Crippen molar-refractivity contribution in [3.8, 4) is 0 Å². The third-order valence-electron chi connectivity index (χ3n) is 5.62. The molecule has 104 valence electrons. The quantitative estimate of drug-likeness (QED) is 0.873. The van der Waals surface area contributed by atoms with E-state index in [4.69, 9.17) is 0 Å². The Morgan fingerprint density at radius 3 is 2.37 bits per heavy atom. The molecular formula is C15H24N4. The van der Waals surface area contributed by atoms with E-state index in [1.54, 1.807) is 0 Å². The molecule has 19 heavy (non-hydrogen) atoms. The van der Waals surface area contributed by atoms with E-state index in [1.165, 1.54) is 38.5 Å². The first-order valence-electron chi connectivity index (χ1n) is 7.79. The van der Waals surface area contributed by atoms with Gasteiger partial charge in [-0.3, -0.25) is 5.10 Å². The summed E-state index contributed by atoms with van der Waals surface area (Å²) in [5.74, 6) is 5.07. The Morgan fingerprint density at radius 2 is 1.79 bits per heavy atom. The molecule has 1 aromatic heterocycles. The summed E-state index contributed by atoms with van der Waals surface area (Å²) in [6.07, 6.45) is 9.96. The van der Waals surface area contributed by atoms with Crippen LogP contribution in [0.1, 0.15) is 50.2 Å². The molecule has 4 aliphatic rings. The number of H-pyrrole nitrogens is 1. The van der Waals surface area contributed by atoms with Crippen LogP contribution in [0.5, 0.6) is 0 Å². The highest BCUT2D eigenvalue weighted by atomic mass is 15.2. The molecule has 0 atom stereocenters. The van der Waals surface area contributed by atoms with Crippen LogP contribution >= 0.6 is 0 Å². The largest absolute Gasteiger partial charge is 0.313 e. The molecule has 4 saturated carbocycles. The Hall–Kier alpha value is -0.900. The average Bonchev–Trinajstić information content (AvgIpc) is 2.74. The molecule has 0 spiro atoms. The first-order valence-corrected chi connectivity index (χ1v) is 7.79. The van der Waals surface area contributed by atoms with Gasteiger partial charge in [0.25, 0.3) is 0 Å². The van der Waals surface area contributed by atoms with Gasteiger partial charge in [0.15, 0.2) is 5.82 Å². The van der Waals surface area contributed by atoms with Crippen molar-refractivity contribution in [1.82, 2.24) is 20.5 Å². The highest BCUT2D eigenvalue weighted by molar-refractivity contribution is 5.06. The minimum atomic E-state index is 0.549. The fourth-order valence-corrected chi connectivity index (χ4v) is 5.50. The summed E-state index contributed by atoms with van der Waals surface area (Å²) < 4.78 is 0. The predicted octanol–water partition coefficient (Wildman–Crippen LogP) is 2.28. The van der Waals surface area contributed by atoms with Gasteiger partial charge in [-0.15, -0.1) is 0 Å². The van der Waals surface area contributed by atoms with Gasteiger partial charge < -0.3 is 5.32 Å². The Morgan fingerprint density at radius 1 is 1.16 bits per heavy atom. The van der Waals surface area contributed by atoms with E-state index in [9.17, 15) is 0 Å². The minimum absolute atomic E-state index is 0.549. The lowest BCUT2D eigenvalue weighted by Gasteiger charge is -2.56. The van der Waals surface area contributed by atoms with E-state index < -0.39 is 0 Å². The summed E-state index contributed by atoms with van der Waals surface area (Å²) in [5.41, 5.74) is 0.549. The maximum Gasteiger partial charge on any atom is 0.151 e. The van der Waals surface area contributed by atoms with Crippen LogP contribution in [0.2, 0.25) is 0 Å². The van der Waals surface area contributed by atoms with Crippen LogP contribution in [0.3, 0.4) is 0 Å². The molecule has 0 aromatic carbocycles. The summed E-state index contributed by atoms with van der Waals surface area (Å²) >= 11 is 0. The van der Waals surface area contributed by atoms with Crippen LogP contribution in [-0.4, -0.2) is 22.2 Å². The highest BCUT2D eigenvalue weighted by Crippen LogP contribution is 2.60. The number of aromatic amines is 1. The van der Waals surface area contributed by atoms with Crippen molar-refractivity contribution in [3.05, 3.63) is 11.6 Å². The van der Waals surface area contributed by atoms with Crippen molar-refractivity contribution in [3.63, 3.8) is 0 Å². The molecule has 1 aromatic rings. The predicted molar refractivity (Wildman–Crippen MR) is 73.5 cm³/mol. The first-order chi connectivity index (χ1) is 9.25. The Kier molecular flexibility index (Phi) is 2.69. The van der Waals surface area contributed by atoms with Crippen molar-refractivity contribution in [2.45, 2.75) is 51.5 Å². The SMILES string of the molecule is CNCc1nc(CC23CC4CC(CC(C4)C2)C3)n[nH]1. The van der Waals surface area contributed by atoms with Gasteiger partial charge in [-0.2, -0.15) is 5.10 Å². The molecule has 0 unspecified atom stereocenters. The van der Waals surface area contributed by atoms with E-state index in [0.717, 1.165) is 42.4 Å². The Labute approximate surface area is 114 Å². The lowest BCUT2D eigenvalue weighted by atomic mass is 9.49. The maximum atomic E-state index is 4.65. The van der Waals surface area contributed by atoms with Crippen molar-refractivity contribution in [2.24, 2.45) is 23.2 Å². The van der Waals surface area contributed by atoms with Gasteiger partial charge in [0.2, 0.25) is 0 Å². The second-order valence-corrected chi connectivity index (χ2v) is 7.32. The van der Waals surface area contributed by atoms with Crippen LogP contribution < -0.4 is 5.32 Å². The number of aromatic nitrogens is 3. The van der Waals surface area contributed by atoms with E-state index in [2.05, 4.69) is 20.5 Å². The molecular weight excluding hydrogens is 236 g/mol. The summed E-state index contributed by atoms with van der Waals surface area (Å²) in [5, 5.41) is 10.6. The zero-order valence-corrected chi connectivity index (χ0v) is 11.8. The molecule has 4 bridgehead atoms. The van der Waals surface area contributed by atoms with Crippen molar-refractivity contribution >= 4 is 0 Å². The van der Waals surface area contributed by atoms with Crippen LogP contribution in [-0.2, 0) is 13.0 Å². The van der Waals surface area contributed by atoms with E-state index >= 15 is 0 Å². The Balaban J connectivity index is 1.52. The van der Waals surface area contributed by atoms with Crippen LogP contribution in [0.25, 0.3) is 0 Å². The highest BCUT2D eigenvalue weighted by Gasteiger charge is 2.51. The normalized spacial score (nSPS) is 39.9. The van der Waals surface area contributed by atoms with Crippen molar-refractivity contribution in [1.29, 1.82) is 0 Å². The molecule has 4 aliphatic carbocycles. The van der Waals surface area contributed by atoms with Crippen LogP contribution in [0.4, 0.5) is 0 Å². The zero-order chi connectivity index (χ0) is 12.9. The number of hydrogen-bond donors (Lipinski definition) is 2. The summed E-state index contributed by atoms with van der Waals surface area (Å²) in [6, 6.07) is 0. The van der Waals surface area contributed by atoms with Gasteiger partial charge >= 0.3 is 0 Å². The van der Waals surface area contributed by atoms with Crippen molar-refractivity contribution < 1.29 is 0 Å². The number of hydrogen-bond acceptors (Lipinski definition) is 3. The molecule has 2 N–H and O–H groups in total. The van der Waals surface area contributed by atoms with Gasteiger partial charge in [0.05, 0.1) is 6.54 Å². The zero-order valence-electron chi connectivity index (χ0n) is 11.8. The second kappa shape index (κ2) is 4.30. The van der Waals surface area contributed by atoms with Gasteiger partial charge in [-0.1, -0.05) is 0 Å². The molecule has 0 saturated heterocycles. The van der Waals surface area contributed by atoms with Crippen LogP contribution in [0.15, 0.2) is 0 Å². The molecule has 5 rings (SSSR count). The molecule has 4 heteroatoms. The molecule has 4 fully saturated rings. The molecule has 1 heterocycles. The van der Waals surface area contributed by atoms with Gasteiger partial charge in [-0.25, -0.2) is 4.98 Å². The molecule has 4 nitrogen and oxygen atoms in total. The van der Waals surface area contributed by atoms with Gasteiger partial charge in [0.1, 0.15) is 5.82 Å². The number of nitrogens with one attached hydrogen (secondary N) is 2. The van der Waals surface area contributed by atoms with Crippen LogP contribution in [0, 0.1) is 23.2 Å². The Bertz CT molecular complexity index is 429. The summed E-state index contributed by atoms with van der Waals surface area (Å²) in [6.45, 7) is 0.786. The first kappa shape index (κ1) is 11.9. The van der Waals surface area contributed by atoms with E-state index in [-0.39, 0.29) is 0 Å². The lowest BCUT2D eigenvalue weighted by Crippen LogP contribution is -2.47. The average molecular weight is 260 g/mol. The number of rotatable bonds is 4. The van der Waals surface area contributed by atoms with Crippen molar-refractivity contribution in [2.75, 3.05) is 7.05 Å². The van der Waals surface area contributed by atoms with E-state index in [0.29, 0.717) is 5.41 Å². The monoisotopic (exact) mass is 260 g/mol. The third kappa shape index (κ3) is 2.10. The van der Waals surface area contributed by atoms with Gasteiger partial charge in [-0.05, 0) is 68.7 Å². The molecule has 0 radical (unpaired) electrons. The maximum absolute atomic E-state index is 4.65. The smallest absolute Gasteiger partial charge is 0.151 e. The lowest BCUT2D eigenvalue weighted by molar-refractivity contribution is -0.0531. The molecule has 0 amide bonds. The third-order valence-corrected chi connectivity index (χ3v) is 5.62. The summed E-state index contributed by atoms with van der Waals surface area (Å²) in [7, 11) is 1.95. The fraction of sp³-hybridized carbons (Fsp3) is 0.867. The summed E-state index contributed by atoms with van der Waals surface area (Å²) in [4.78, 5) is 4.65. The van der Waals surface area contributed by atoms with E-state index in [1.807, 2.05) is 7.05 Å². The van der Waals surface area contributed by atoms with Gasteiger partial charge in [0, 0.05) is 6.42 Å². The standard InChI is InChI=1S/C15H24N4/c1-16-9-14-17-13(18-19-14)8-15-5-10-2-11(6-15)4-12(3-10)7-15/h10-12,16H,2-9H2,1H3,(H,17,18,19). The number of nitrogens with zero attached hydrogens (tertiary/aromatic N) is 2. The topological polar surface area (TPSA) is 53.6 Å². The minimum Gasteiger partial charge on any atom is -0.313 e. The fourth-order valence-electron chi connectivity index (χ4n) is 5.50. The molecule has 0 aliphatic heterocycles. The second-order valence-electron chi connectivity index (χ2n) is 7.32.